The smallest absolute Gasteiger partial charge is 0.183 e. The van der Waals surface area contributed by atoms with E-state index in [2.05, 4.69) is 20.5 Å². The number of pyridine rings is 1. The quantitative estimate of drug-likeness (QED) is 0.673. The topological polar surface area (TPSA) is 79.6 Å². The average molecular weight is 217 g/mol. The molecule has 16 heavy (non-hydrogen) atoms. The van der Waals surface area contributed by atoms with Gasteiger partial charge in [0, 0.05) is 6.04 Å². The van der Waals surface area contributed by atoms with E-state index in [1.165, 1.54) is 12.8 Å². The van der Waals surface area contributed by atoms with Crippen LogP contribution in [0.5, 0.6) is 0 Å². The van der Waals surface area contributed by atoms with Gasteiger partial charge in [-0.05, 0) is 31.5 Å². The van der Waals surface area contributed by atoms with Gasteiger partial charge in [-0.2, -0.15) is 5.10 Å². The molecule has 0 saturated carbocycles. The van der Waals surface area contributed by atoms with Gasteiger partial charge in [-0.15, -0.1) is 0 Å². The largest absolute Gasteiger partial charge is 0.384 e. The van der Waals surface area contributed by atoms with Gasteiger partial charge in [0.15, 0.2) is 5.65 Å². The number of anilines is 1. The lowest BCUT2D eigenvalue weighted by molar-refractivity contribution is 0.406. The van der Waals surface area contributed by atoms with Gasteiger partial charge in [-0.25, -0.2) is 4.98 Å². The van der Waals surface area contributed by atoms with Crippen molar-refractivity contribution in [3.05, 3.63) is 17.8 Å². The summed E-state index contributed by atoms with van der Waals surface area (Å²) < 4.78 is 0. The molecular formula is C11H15N5. The van der Waals surface area contributed by atoms with Crippen molar-refractivity contribution < 1.29 is 0 Å². The third-order valence-electron chi connectivity index (χ3n) is 3.14. The number of H-pyrrole nitrogens is 1. The Bertz CT molecular complexity index is 498. The number of fused-ring (bicyclic) bond motifs is 1. The van der Waals surface area contributed by atoms with E-state index < -0.39 is 0 Å². The fraction of sp³-hybridized carbons (Fsp3) is 0.455. The lowest BCUT2D eigenvalue weighted by Crippen LogP contribution is -2.27. The molecule has 1 aliphatic rings. The molecule has 2 aromatic heterocycles. The molecule has 3 rings (SSSR count). The summed E-state index contributed by atoms with van der Waals surface area (Å²) >= 11 is 0. The average Bonchev–Trinajstić information content (AvgIpc) is 2.72. The van der Waals surface area contributed by atoms with E-state index in [-0.39, 0.29) is 0 Å². The number of piperidine rings is 1. The fourth-order valence-electron chi connectivity index (χ4n) is 2.23. The van der Waals surface area contributed by atoms with Gasteiger partial charge >= 0.3 is 0 Å². The van der Waals surface area contributed by atoms with Crippen molar-refractivity contribution in [3.8, 4) is 0 Å². The van der Waals surface area contributed by atoms with E-state index in [0.29, 0.717) is 17.5 Å². The maximum absolute atomic E-state index is 5.73. The highest BCUT2D eigenvalue weighted by Crippen LogP contribution is 2.24. The van der Waals surface area contributed by atoms with Crippen LogP contribution in [0.3, 0.4) is 0 Å². The van der Waals surface area contributed by atoms with Crippen LogP contribution >= 0.6 is 0 Å². The van der Waals surface area contributed by atoms with Crippen LogP contribution in [0.25, 0.3) is 11.0 Å². The van der Waals surface area contributed by atoms with Crippen molar-refractivity contribution in [3.63, 3.8) is 0 Å². The molecule has 4 N–H and O–H groups in total. The molecule has 0 amide bonds. The molecule has 1 atom stereocenters. The Kier molecular flexibility index (Phi) is 2.25. The number of hydrogen-bond donors (Lipinski definition) is 3. The summed E-state index contributed by atoms with van der Waals surface area (Å²) in [7, 11) is 0. The van der Waals surface area contributed by atoms with Crippen molar-refractivity contribution in [2.24, 2.45) is 0 Å². The normalized spacial score (nSPS) is 21.4. The Labute approximate surface area is 93.4 Å². The molecular weight excluding hydrogens is 202 g/mol. The highest BCUT2D eigenvalue weighted by molar-refractivity contribution is 5.85. The standard InChI is InChI=1S/C11H15N5/c12-10-7-4-5-9(14-11(7)16-15-10)8-3-1-2-6-13-8/h4-5,8,13H,1-3,6H2,(H3,12,14,15,16)/t8-/m1/s1. The SMILES string of the molecule is Nc1[nH]nc2nc([C@H]3CCCCN3)ccc12. The molecule has 0 unspecified atom stereocenters. The first-order valence-corrected chi connectivity index (χ1v) is 5.68. The van der Waals surface area contributed by atoms with Crippen LogP contribution in [-0.4, -0.2) is 21.7 Å². The second kappa shape index (κ2) is 3.75. The Morgan fingerprint density at radius 3 is 3.06 bits per heavy atom. The molecule has 0 radical (unpaired) electrons. The van der Waals surface area contributed by atoms with Gasteiger partial charge in [0.25, 0.3) is 0 Å². The summed E-state index contributed by atoms with van der Waals surface area (Å²) in [5.41, 5.74) is 7.51. The van der Waals surface area contributed by atoms with Crippen LogP contribution < -0.4 is 11.1 Å². The minimum Gasteiger partial charge on any atom is -0.384 e. The Morgan fingerprint density at radius 2 is 2.25 bits per heavy atom. The van der Waals surface area contributed by atoms with E-state index in [9.17, 15) is 0 Å². The Hall–Kier alpha value is -1.62. The molecule has 5 heteroatoms. The predicted octanol–water partition coefficient (Wildman–Crippen LogP) is 1.35. The third kappa shape index (κ3) is 1.53. The monoisotopic (exact) mass is 217 g/mol. The summed E-state index contributed by atoms with van der Waals surface area (Å²) in [5, 5.41) is 11.2. The van der Waals surface area contributed by atoms with Crippen molar-refractivity contribution in [1.29, 1.82) is 0 Å². The van der Waals surface area contributed by atoms with E-state index in [1.807, 2.05) is 12.1 Å². The summed E-state index contributed by atoms with van der Waals surface area (Å²) in [6, 6.07) is 4.40. The van der Waals surface area contributed by atoms with Crippen LogP contribution in [0.1, 0.15) is 31.0 Å². The van der Waals surface area contributed by atoms with Crippen LogP contribution in [0.2, 0.25) is 0 Å². The number of nitrogens with one attached hydrogen (secondary N) is 2. The van der Waals surface area contributed by atoms with Gasteiger partial charge in [0.1, 0.15) is 5.82 Å². The number of nitrogen functional groups attached to an aromatic ring is 1. The van der Waals surface area contributed by atoms with E-state index in [4.69, 9.17) is 5.73 Å². The second-order valence-corrected chi connectivity index (χ2v) is 4.25. The van der Waals surface area contributed by atoms with Crippen molar-refractivity contribution in [2.45, 2.75) is 25.3 Å². The number of hydrogen-bond acceptors (Lipinski definition) is 4. The zero-order valence-corrected chi connectivity index (χ0v) is 9.03. The second-order valence-electron chi connectivity index (χ2n) is 4.25. The van der Waals surface area contributed by atoms with E-state index in [0.717, 1.165) is 24.0 Å². The molecule has 1 saturated heterocycles. The highest BCUT2D eigenvalue weighted by Gasteiger charge is 2.16. The van der Waals surface area contributed by atoms with Crippen molar-refractivity contribution in [2.75, 3.05) is 12.3 Å². The number of rotatable bonds is 1. The molecule has 2 aromatic rings. The minimum absolute atomic E-state index is 0.371. The van der Waals surface area contributed by atoms with Crippen LogP contribution in [0, 0.1) is 0 Å². The Balaban J connectivity index is 1.97. The molecule has 84 valence electrons. The lowest BCUT2D eigenvalue weighted by Gasteiger charge is -2.22. The van der Waals surface area contributed by atoms with Crippen molar-refractivity contribution >= 4 is 16.9 Å². The van der Waals surface area contributed by atoms with Crippen LogP contribution in [0.15, 0.2) is 12.1 Å². The van der Waals surface area contributed by atoms with Gasteiger partial charge in [-0.1, -0.05) is 6.42 Å². The zero-order chi connectivity index (χ0) is 11.0. The summed E-state index contributed by atoms with van der Waals surface area (Å²) in [6.07, 6.45) is 3.67. The minimum atomic E-state index is 0.371. The number of nitrogens with zero attached hydrogens (tertiary/aromatic N) is 2. The molecule has 0 aromatic carbocycles. The highest BCUT2D eigenvalue weighted by atomic mass is 15.2. The molecule has 0 spiro atoms. The molecule has 0 bridgehead atoms. The van der Waals surface area contributed by atoms with Gasteiger partial charge in [0.2, 0.25) is 0 Å². The summed E-state index contributed by atoms with van der Waals surface area (Å²) in [4.78, 5) is 4.53. The van der Waals surface area contributed by atoms with Gasteiger partial charge < -0.3 is 11.1 Å². The molecule has 1 fully saturated rings. The molecule has 5 nitrogen and oxygen atoms in total. The summed E-state index contributed by atoms with van der Waals surface area (Å²) in [5.74, 6) is 0.589. The van der Waals surface area contributed by atoms with Crippen LogP contribution in [0.4, 0.5) is 5.82 Å². The van der Waals surface area contributed by atoms with E-state index >= 15 is 0 Å². The first-order valence-electron chi connectivity index (χ1n) is 5.68. The molecule has 0 aliphatic carbocycles. The molecule has 3 heterocycles. The fourth-order valence-corrected chi connectivity index (χ4v) is 2.23. The molecule has 1 aliphatic heterocycles. The van der Waals surface area contributed by atoms with E-state index in [1.54, 1.807) is 0 Å². The first kappa shape index (κ1) is 9.59. The number of aromatic nitrogens is 3. The maximum atomic E-state index is 5.73. The zero-order valence-electron chi connectivity index (χ0n) is 9.03. The maximum Gasteiger partial charge on any atom is 0.183 e. The lowest BCUT2D eigenvalue weighted by atomic mass is 10.0. The summed E-state index contributed by atoms with van der Waals surface area (Å²) in [6.45, 7) is 1.08. The van der Waals surface area contributed by atoms with Gasteiger partial charge in [-0.3, -0.25) is 5.10 Å². The van der Waals surface area contributed by atoms with Gasteiger partial charge in [0.05, 0.1) is 11.1 Å². The van der Waals surface area contributed by atoms with Crippen LogP contribution in [-0.2, 0) is 0 Å². The third-order valence-corrected chi connectivity index (χ3v) is 3.14. The predicted molar refractivity (Wildman–Crippen MR) is 62.9 cm³/mol. The van der Waals surface area contributed by atoms with Crippen molar-refractivity contribution in [1.82, 2.24) is 20.5 Å². The number of nitrogens with two attached hydrogens (primary N) is 1. The first-order chi connectivity index (χ1) is 7.84. The number of aromatic amines is 1. The Morgan fingerprint density at radius 1 is 1.31 bits per heavy atom.